The number of amides is 1. The molecule has 1 saturated carbocycles. The molecule has 4 heteroatoms. The van der Waals surface area contributed by atoms with Gasteiger partial charge in [-0.25, -0.2) is 0 Å². The minimum atomic E-state index is -0.132. The first kappa shape index (κ1) is 13.5. The maximum atomic E-state index is 11.9. The summed E-state index contributed by atoms with van der Waals surface area (Å²) in [6.45, 7) is 2.56. The Morgan fingerprint density at radius 3 is 2.83 bits per heavy atom. The van der Waals surface area contributed by atoms with Gasteiger partial charge in [-0.2, -0.15) is 0 Å². The van der Waals surface area contributed by atoms with Crippen LogP contribution in [0.3, 0.4) is 0 Å². The molecule has 1 amide bonds. The lowest BCUT2D eigenvalue weighted by Crippen LogP contribution is -2.25. The predicted octanol–water partition coefficient (Wildman–Crippen LogP) is 3.64. The van der Waals surface area contributed by atoms with Gasteiger partial charge in [-0.1, -0.05) is 25.7 Å². The van der Waals surface area contributed by atoms with E-state index in [2.05, 4.69) is 5.32 Å². The summed E-state index contributed by atoms with van der Waals surface area (Å²) in [5.74, 6) is 2.14. The highest BCUT2D eigenvalue weighted by atomic mass is 35.5. The van der Waals surface area contributed by atoms with Crippen molar-refractivity contribution in [1.82, 2.24) is 5.32 Å². The number of nitrogens with one attached hydrogen (secondary N) is 1. The van der Waals surface area contributed by atoms with E-state index in [4.69, 9.17) is 16.0 Å². The number of hydrogen-bond donors (Lipinski definition) is 1. The highest BCUT2D eigenvalue weighted by Gasteiger charge is 2.16. The SMILES string of the molecule is Cc1oc(C(=O)NCCC2CCCC2)cc1CCl. The van der Waals surface area contributed by atoms with Crippen LogP contribution in [-0.2, 0) is 5.88 Å². The van der Waals surface area contributed by atoms with E-state index < -0.39 is 0 Å². The Balaban J connectivity index is 1.79. The number of alkyl halides is 1. The average Bonchev–Trinajstić information content (AvgIpc) is 2.98. The molecule has 100 valence electrons. The third-order valence-corrected chi connectivity index (χ3v) is 3.99. The molecule has 0 bridgehead atoms. The number of carbonyl (C=O) groups excluding carboxylic acids is 1. The fraction of sp³-hybridized carbons (Fsp3) is 0.643. The molecule has 0 aliphatic heterocycles. The molecule has 1 fully saturated rings. The molecule has 0 spiro atoms. The molecule has 1 aromatic rings. The number of furan rings is 1. The maximum absolute atomic E-state index is 11.9. The number of rotatable bonds is 5. The van der Waals surface area contributed by atoms with Crippen molar-refractivity contribution in [2.75, 3.05) is 6.54 Å². The van der Waals surface area contributed by atoms with Crippen molar-refractivity contribution >= 4 is 17.5 Å². The minimum Gasteiger partial charge on any atom is -0.456 e. The van der Waals surface area contributed by atoms with Gasteiger partial charge in [0, 0.05) is 12.1 Å². The summed E-state index contributed by atoms with van der Waals surface area (Å²) in [5.41, 5.74) is 0.887. The number of hydrogen-bond acceptors (Lipinski definition) is 2. The molecule has 2 rings (SSSR count). The van der Waals surface area contributed by atoms with Crippen molar-refractivity contribution in [3.63, 3.8) is 0 Å². The fourth-order valence-corrected chi connectivity index (χ4v) is 2.81. The summed E-state index contributed by atoms with van der Waals surface area (Å²) in [6, 6.07) is 1.73. The summed E-state index contributed by atoms with van der Waals surface area (Å²) in [7, 11) is 0. The number of halogens is 1. The Labute approximate surface area is 113 Å². The summed E-state index contributed by atoms with van der Waals surface area (Å²) in [6.07, 6.45) is 6.39. The monoisotopic (exact) mass is 269 g/mol. The van der Waals surface area contributed by atoms with E-state index in [1.54, 1.807) is 6.07 Å². The average molecular weight is 270 g/mol. The van der Waals surface area contributed by atoms with Gasteiger partial charge in [0.2, 0.25) is 0 Å². The summed E-state index contributed by atoms with van der Waals surface area (Å²) >= 11 is 5.75. The smallest absolute Gasteiger partial charge is 0.287 e. The molecule has 1 aromatic heterocycles. The van der Waals surface area contributed by atoms with Gasteiger partial charge in [-0.3, -0.25) is 4.79 Å². The van der Waals surface area contributed by atoms with E-state index in [1.165, 1.54) is 25.7 Å². The van der Waals surface area contributed by atoms with Gasteiger partial charge in [-0.05, 0) is 25.3 Å². The summed E-state index contributed by atoms with van der Waals surface area (Å²) in [5, 5.41) is 2.91. The first-order valence-electron chi connectivity index (χ1n) is 6.64. The standard InChI is InChI=1S/C14H20ClNO2/c1-10-12(9-15)8-13(18-10)14(17)16-7-6-11-4-2-3-5-11/h8,11H,2-7,9H2,1H3,(H,16,17). The molecule has 18 heavy (non-hydrogen) atoms. The largest absolute Gasteiger partial charge is 0.456 e. The van der Waals surface area contributed by atoms with Crippen LogP contribution in [0, 0.1) is 12.8 Å². The zero-order chi connectivity index (χ0) is 13.0. The fourth-order valence-electron chi connectivity index (χ4n) is 2.54. The van der Waals surface area contributed by atoms with E-state index in [-0.39, 0.29) is 5.91 Å². The first-order chi connectivity index (χ1) is 8.70. The summed E-state index contributed by atoms with van der Waals surface area (Å²) < 4.78 is 5.39. The van der Waals surface area contributed by atoms with Gasteiger partial charge in [-0.15, -0.1) is 11.6 Å². The quantitative estimate of drug-likeness (QED) is 0.830. The number of carbonyl (C=O) groups is 1. The van der Waals surface area contributed by atoms with Crippen molar-refractivity contribution in [1.29, 1.82) is 0 Å². The Hall–Kier alpha value is -0.960. The van der Waals surface area contributed by atoms with Crippen LogP contribution in [0.25, 0.3) is 0 Å². The second-order valence-corrected chi connectivity index (χ2v) is 5.29. The molecule has 0 aromatic carbocycles. The Kier molecular flexibility index (Phi) is 4.70. The third kappa shape index (κ3) is 3.29. The topological polar surface area (TPSA) is 42.2 Å². The molecule has 1 heterocycles. The van der Waals surface area contributed by atoms with Crippen LogP contribution in [0.5, 0.6) is 0 Å². The normalized spacial score (nSPS) is 16.1. The molecule has 1 N–H and O–H groups in total. The van der Waals surface area contributed by atoms with Crippen molar-refractivity contribution in [3.8, 4) is 0 Å². The molecular formula is C14H20ClNO2. The Bertz CT molecular complexity index is 408. The molecule has 3 nitrogen and oxygen atoms in total. The van der Waals surface area contributed by atoms with Gasteiger partial charge < -0.3 is 9.73 Å². The third-order valence-electron chi connectivity index (χ3n) is 3.70. The maximum Gasteiger partial charge on any atom is 0.287 e. The second kappa shape index (κ2) is 6.28. The Morgan fingerprint density at radius 1 is 1.50 bits per heavy atom. The van der Waals surface area contributed by atoms with Crippen molar-refractivity contribution in [2.24, 2.45) is 5.92 Å². The lowest BCUT2D eigenvalue weighted by Gasteiger charge is -2.08. The molecule has 0 saturated heterocycles. The van der Waals surface area contributed by atoms with Crippen LogP contribution in [0.15, 0.2) is 10.5 Å². The van der Waals surface area contributed by atoms with Crippen LogP contribution < -0.4 is 5.32 Å². The lowest BCUT2D eigenvalue weighted by molar-refractivity contribution is 0.0922. The van der Waals surface area contributed by atoms with Gasteiger partial charge in [0.25, 0.3) is 5.91 Å². The van der Waals surface area contributed by atoms with Crippen LogP contribution in [0.2, 0.25) is 0 Å². The van der Waals surface area contributed by atoms with Crippen molar-refractivity contribution < 1.29 is 9.21 Å². The lowest BCUT2D eigenvalue weighted by atomic mass is 10.0. The predicted molar refractivity (Wildman–Crippen MR) is 71.9 cm³/mol. The van der Waals surface area contributed by atoms with Crippen LogP contribution in [0.4, 0.5) is 0 Å². The van der Waals surface area contributed by atoms with Crippen LogP contribution in [-0.4, -0.2) is 12.5 Å². The molecule has 0 unspecified atom stereocenters. The molecule has 0 atom stereocenters. The minimum absolute atomic E-state index is 0.132. The van der Waals surface area contributed by atoms with E-state index in [0.29, 0.717) is 11.6 Å². The van der Waals surface area contributed by atoms with E-state index in [1.807, 2.05) is 6.92 Å². The van der Waals surface area contributed by atoms with Crippen LogP contribution in [0.1, 0.15) is 54.0 Å². The second-order valence-electron chi connectivity index (χ2n) is 5.02. The summed E-state index contributed by atoms with van der Waals surface area (Å²) in [4.78, 5) is 11.9. The van der Waals surface area contributed by atoms with E-state index >= 15 is 0 Å². The van der Waals surface area contributed by atoms with Crippen molar-refractivity contribution in [3.05, 3.63) is 23.2 Å². The zero-order valence-corrected chi connectivity index (χ0v) is 11.6. The van der Waals surface area contributed by atoms with Gasteiger partial charge in [0.1, 0.15) is 5.76 Å². The molecular weight excluding hydrogens is 250 g/mol. The molecule has 1 aliphatic carbocycles. The Morgan fingerprint density at radius 2 is 2.22 bits per heavy atom. The molecule has 1 aliphatic rings. The molecule has 0 radical (unpaired) electrons. The van der Waals surface area contributed by atoms with Gasteiger partial charge >= 0.3 is 0 Å². The van der Waals surface area contributed by atoms with Crippen molar-refractivity contribution in [2.45, 2.75) is 44.9 Å². The van der Waals surface area contributed by atoms with Gasteiger partial charge in [0.05, 0.1) is 5.88 Å². The first-order valence-corrected chi connectivity index (χ1v) is 7.17. The highest BCUT2D eigenvalue weighted by molar-refractivity contribution is 6.17. The highest BCUT2D eigenvalue weighted by Crippen LogP contribution is 2.27. The van der Waals surface area contributed by atoms with Gasteiger partial charge in [0.15, 0.2) is 5.76 Å². The van der Waals surface area contributed by atoms with Crippen LogP contribution >= 0.6 is 11.6 Å². The zero-order valence-electron chi connectivity index (χ0n) is 10.8. The van der Waals surface area contributed by atoms with E-state index in [9.17, 15) is 4.79 Å². The van der Waals surface area contributed by atoms with E-state index in [0.717, 1.165) is 30.2 Å². The number of aryl methyl sites for hydroxylation is 1.